The van der Waals surface area contributed by atoms with E-state index in [4.69, 9.17) is 0 Å². The molecule has 3 heteroatoms. The Morgan fingerprint density at radius 1 is 1.21 bits per heavy atom. The summed E-state index contributed by atoms with van der Waals surface area (Å²) in [4.78, 5) is 10.8. The Bertz CT molecular complexity index is 284. The maximum absolute atomic E-state index is 10.8. The van der Waals surface area contributed by atoms with Crippen molar-refractivity contribution in [2.75, 3.05) is 0 Å². The van der Waals surface area contributed by atoms with Gasteiger partial charge in [0.1, 0.15) is 0 Å². The molecule has 0 rings (SSSR count). The molecule has 2 N–H and O–H groups in total. The lowest BCUT2D eigenvalue weighted by molar-refractivity contribution is -0.120. The molecule has 0 radical (unpaired) electrons. The number of aliphatic hydroxyl groups is 1. The van der Waals surface area contributed by atoms with Gasteiger partial charge in [0.2, 0.25) is 5.91 Å². The molecule has 0 bridgehead atoms. The molecule has 2 atom stereocenters. The van der Waals surface area contributed by atoms with Gasteiger partial charge in [-0.1, -0.05) is 50.5 Å². The Balaban J connectivity index is 3.66. The van der Waals surface area contributed by atoms with E-state index in [1.165, 1.54) is 32.6 Å². The lowest BCUT2D eigenvalue weighted by Crippen LogP contribution is -2.39. The molecule has 0 aromatic carbocycles. The van der Waals surface area contributed by atoms with Gasteiger partial charge in [-0.3, -0.25) is 4.79 Å². The predicted molar refractivity (Wildman–Crippen MR) is 80.9 cm³/mol. The third-order valence-corrected chi connectivity index (χ3v) is 2.99. The highest BCUT2D eigenvalue weighted by Gasteiger charge is 2.12. The third kappa shape index (κ3) is 11.7. The predicted octanol–water partition coefficient (Wildman–Crippen LogP) is 3.34. The van der Waals surface area contributed by atoms with Crippen LogP contribution in [-0.2, 0) is 4.79 Å². The van der Waals surface area contributed by atoms with Crippen molar-refractivity contribution in [3.8, 4) is 0 Å². The number of amides is 1. The molecule has 1 amide bonds. The topological polar surface area (TPSA) is 49.3 Å². The molecule has 0 aliphatic heterocycles. The number of allylic oxidation sites excluding steroid dienone is 3. The quantitative estimate of drug-likeness (QED) is 0.471. The Labute approximate surface area is 117 Å². The van der Waals surface area contributed by atoms with Gasteiger partial charge < -0.3 is 10.4 Å². The number of hydrogen-bond acceptors (Lipinski definition) is 2. The molecule has 0 heterocycles. The number of unbranched alkanes of at least 4 members (excludes halogenated alkanes) is 4. The van der Waals surface area contributed by atoms with Gasteiger partial charge in [-0.25, -0.2) is 0 Å². The maximum Gasteiger partial charge on any atom is 0.217 e. The number of aliphatic hydroxyl groups excluding tert-OH is 1. The highest BCUT2D eigenvalue weighted by molar-refractivity contribution is 5.73. The zero-order valence-electron chi connectivity index (χ0n) is 12.6. The van der Waals surface area contributed by atoms with Crippen LogP contribution in [0.15, 0.2) is 24.3 Å². The van der Waals surface area contributed by atoms with Crippen molar-refractivity contribution in [2.45, 2.75) is 71.4 Å². The van der Waals surface area contributed by atoms with Crippen LogP contribution in [-0.4, -0.2) is 23.2 Å². The van der Waals surface area contributed by atoms with E-state index in [-0.39, 0.29) is 11.9 Å². The van der Waals surface area contributed by atoms with Crippen LogP contribution in [0.1, 0.15) is 59.3 Å². The summed E-state index contributed by atoms with van der Waals surface area (Å²) in [6.07, 6.45) is 14.4. The first-order valence-electron chi connectivity index (χ1n) is 7.34. The van der Waals surface area contributed by atoms with Gasteiger partial charge in [0.15, 0.2) is 0 Å². The van der Waals surface area contributed by atoms with Crippen LogP contribution in [0, 0.1) is 0 Å². The molecule has 19 heavy (non-hydrogen) atoms. The summed E-state index contributed by atoms with van der Waals surface area (Å²) >= 11 is 0. The highest BCUT2D eigenvalue weighted by Crippen LogP contribution is 2.03. The van der Waals surface area contributed by atoms with Crippen molar-refractivity contribution >= 4 is 5.91 Å². The van der Waals surface area contributed by atoms with Crippen LogP contribution in [0.5, 0.6) is 0 Å². The van der Waals surface area contributed by atoms with Gasteiger partial charge in [-0.2, -0.15) is 0 Å². The molecular formula is C16H29NO2. The molecular weight excluding hydrogens is 238 g/mol. The molecule has 0 saturated heterocycles. The first-order chi connectivity index (χ1) is 9.07. The smallest absolute Gasteiger partial charge is 0.217 e. The molecule has 0 aliphatic carbocycles. The van der Waals surface area contributed by atoms with Gasteiger partial charge in [0.25, 0.3) is 0 Å². The van der Waals surface area contributed by atoms with Gasteiger partial charge in [0.05, 0.1) is 12.1 Å². The Hall–Kier alpha value is -1.09. The van der Waals surface area contributed by atoms with Crippen molar-refractivity contribution < 1.29 is 9.90 Å². The average Bonchev–Trinajstić information content (AvgIpc) is 2.35. The summed E-state index contributed by atoms with van der Waals surface area (Å²) in [5.41, 5.74) is 0. The summed E-state index contributed by atoms with van der Waals surface area (Å²) in [5.74, 6) is -0.109. The zero-order chi connectivity index (χ0) is 14.5. The third-order valence-electron chi connectivity index (χ3n) is 2.99. The fourth-order valence-electron chi connectivity index (χ4n) is 1.78. The van der Waals surface area contributed by atoms with Crippen LogP contribution in [0.4, 0.5) is 0 Å². The van der Waals surface area contributed by atoms with Crippen molar-refractivity contribution in [2.24, 2.45) is 0 Å². The zero-order valence-corrected chi connectivity index (χ0v) is 12.6. The summed E-state index contributed by atoms with van der Waals surface area (Å²) in [6, 6.07) is -0.208. The summed E-state index contributed by atoms with van der Waals surface area (Å²) < 4.78 is 0. The van der Waals surface area contributed by atoms with Gasteiger partial charge in [-0.15, -0.1) is 0 Å². The van der Waals surface area contributed by atoms with Gasteiger partial charge in [-0.05, 0) is 26.2 Å². The van der Waals surface area contributed by atoms with Gasteiger partial charge >= 0.3 is 0 Å². The Kier molecular flexibility index (Phi) is 11.3. The minimum Gasteiger partial charge on any atom is -0.391 e. The van der Waals surface area contributed by atoms with Crippen LogP contribution >= 0.6 is 0 Å². The molecule has 2 unspecified atom stereocenters. The van der Waals surface area contributed by atoms with E-state index in [0.717, 1.165) is 6.42 Å². The second-order valence-corrected chi connectivity index (χ2v) is 5.00. The minimum atomic E-state index is -0.530. The van der Waals surface area contributed by atoms with Gasteiger partial charge in [0, 0.05) is 6.92 Å². The van der Waals surface area contributed by atoms with Crippen LogP contribution in [0.2, 0.25) is 0 Å². The number of hydrogen-bond donors (Lipinski definition) is 2. The molecule has 3 nitrogen and oxygen atoms in total. The summed E-state index contributed by atoms with van der Waals surface area (Å²) in [5, 5.41) is 12.5. The van der Waals surface area contributed by atoms with E-state index in [2.05, 4.69) is 18.3 Å². The molecule has 0 aliphatic rings. The standard InChI is InChI=1S/C16H29NO2/c1-4-5-6-7-8-9-10-11-12-13-16(19)14(2)17-15(3)18/h9-12,14,16,19H,4-8,13H2,1-3H3,(H,17,18). The fourth-order valence-corrected chi connectivity index (χ4v) is 1.78. The van der Waals surface area contributed by atoms with E-state index in [1.54, 1.807) is 0 Å². The highest BCUT2D eigenvalue weighted by atomic mass is 16.3. The normalized spacial score (nSPS) is 14.9. The lowest BCUT2D eigenvalue weighted by atomic mass is 10.1. The van der Waals surface area contributed by atoms with E-state index in [9.17, 15) is 9.90 Å². The SMILES string of the molecule is CCCCCCC=CC=CCC(O)C(C)NC(C)=O. The minimum absolute atomic E-state index is 0.109. The largest absolute Gasteiger partial charge is 0.391 e. The number of carbonyl (C=O) groups is 1. The Morgan fingerprint density at radius 2 is 1.89 bits per heavy atom. The Morgan fingerprint density at radius 3 is 2.53 bits per heavy atom. The average molecular weight is 267 g/mol. The number of nitrogens with one attached hydrogen (secondary N) is 1. The number of carbonyl (C=O) groups excluding carboxylic acids is 1. The molecule has 0 aromatic rings. The van der Waals surface area contributed by atoms with Crippen molar-refractivity contribution in [1.82, 2.24) is 5.32 Å². The van der Waals surface area contributed by atoms with Crippen molar-refractivity contribution in [1.29, 1.82) is 0 Å². The molecule has 0 saturated carbocycles. The maximum atomic E-state index is 10.8. The monoisotopic (exact) mass is 267 g/mol. The van der Waals surface area contributed by atoms with Crippen LogP contribution in [0.3, 0.4) is 0 Å². The molecule has 0 aromatic heterocycles. The lowest BCUT2D eigenvalue weighted by Gasteiger charge is -2.17. The molecule has 110 valence electrons. The van der Waals surface area contributed by atoms with Crippen molar-refractivity contribution in [3.63, 3.8) is 0 Å². The van der Waals surface area contributed by atoms with E-state index in [0.29, 0.717) is 6.42 Å². The second kappa shape index (κ2) is 12.0. The molecule has 0 fully saturated rings. The van der Waals surface area contributed by atoms with E-state index >= 15 is 0 Å². The summed E-state index contributed by atoms with van der Waals surface area (Å²) in [7, 11) is 0. The first-order valence-corrected chi connectivity index (χ1v) is 7.34. The summed E-state index contributed by atoms with van der Waals surface area (Å²) in [6.45, 7) is 5.48. The first kappa shape index (κ1) is 17.9. The van der Waals surface area contributed by atoms with E-state index in [1.807, 2.05) is 25.2 Å². The van der Waals surface area contributed by atoms with Crippen molar-refractivity contribution in [3.05, 3.63) is 24.3 Å². The van der Waals surface area contributed by atoms with Crippen LogP contribution < -0.4 is 5.32 Å². The second-order valence-electron chi connectivity index (χ2n) is 5.00. The molecule has 0 spiro atoms. The van der Waals surface area contributed by atoms with E-state index < -0.39 is 6.10 Å². The number of rotatable bonds is 10. The fraction of sp³-hybridized carbons (Fsp3) is 0.688. The van der Waals surface area contributed by atoms with Crippen LogP contribution in [0.25, 0.3) is 0 Å².